The number of alkyl halides is 2. The molecule has 100 valence electrons. The van der Waals surface area contributed by atoms with E-state index in [0.717, 1.165) is 25.3 Å². The second kappa shape index (κ2) is 4.96. The fourth-order valence-electron chi connectivity index (χ4n) is 2.96. The zero-order valence-electron chi connectivity index (χ0n) is 10.9. The van der Waals surface area contributed by atoms with E-state index in [-0.39, 0.29) is 11.0 Å². The van der Waals surface area contributed by atoms with Crippen molar-refractivity contribution in [3.63, 3.8) is 0 Å². The van der Waals surface area contributed by atoms with Crippen molar-refractivity contribution in [1.29, 1.82) is 0 Å². The molecule has 0 radical (unpaired) electrons. The van der Waals surface area contributed by atoms with Gasteiger partial charge in [-0.05, 0) is 18.4 Å². The number of hydrogen-bond donors (Lipinski definition) is 1. The highest BCUT2D eigenvalue weighted by Gasteiger charge is 2.33. The number of rotatable bonds is 3. The van der Waals surface area contributed by atoms with E-state index in [1.165, 1.54) is 19.3 Å². The molecule has 1 aromatic carbocycles. The first-order valence-electron chi connectivity index (χ1n) is 6.67. The Morgan fingerprint density at radius 2 is 1.67 bits per heavy atom. The average Bonchev–Trinajstić information content (AvgIpc) is 2.39. The Balaban J connectivity index is 2.27. The molecule has 1 nitrogen and oxygen atoms in total. The molecule has 0 unspecified atom stereocenters. The van der Waals surface area contributed by atoms with E-state index in [9.17, 15) is 8.78 Å². The van der Waals surface area contributed by atoms with Crippen LogP contribution in [0.5, 0.6) is 0 Å². The van der Waals surface area contributed by atoms with Crippen LogP contribution in [0.2, 0.25) is 0 Å². The van der Waals surface area contributed by atoms with Crippen LogP contribution < -0.4 is 5.73 Å². The Hall–Kier alpha value is -0.960. The summed E-state index contributed by atoms with van der Waals surface area (Å²) in [6.45, 7) is 1.54. The lowest BCUT2D eigenvalue weighted by Gasteiger charge is -2.37. The van der Waals surface area contributed by atoms with E-state index in [4.69, 9.17) is 5.73 Å². The van der Waals surface area contributed by atoms with Crippen molar-refractivity contribution in [2.45, 2.75) is 50.4 Å². The molecule has 0 heterocycles. The van der Waals surface area contributed by atoms with Gasteiger partial charge in [-0.25, -0.2) is 8.78 Å². The van der Waals surface area contributed by atoms with Gasteiger partial charge < -0.3 is 5.73 Å². The normalized spacial score (nSPS) is 19.8. The van der Waals surface area contributed by atoms with Crippen LogP contribution in [0.4, 0.5) is 8.78 Å². The van der Waals surface area contributed by atoms with Crippen LogP contribution in [0, 0.1) is 0 Å². The van der Waals surface area contributed by atoms with Crippen LogP contribution in [0.3, 0.4) is 0 Å². The van der Waals surface area contributed by atoms with Crippen molar-refractivity contribution < 1.29 is 8.78 Å². The van der Waals surface area contributed by atoms with Crippen molar-refractivity contribution in [3.8, 4) is 0 Å². The van der Waals surface area contributed by atoms with Gasteiger partial charge in [0.1, 0.15) is 0 Å². The van der Waals surface area contributed by atoms with Crippen LogP contribution in [0.1, 0.15) is 50.2 Å². The average molecular weight is 253 g/mol. The molecule has 1 aliphatic carbocycles. The first kappa shape index (κ1) is 13.5. The summed E-state index contributed by atoms with van der Waals surface area (Å²) in [5.41, 5.74) is 7.16. The third-order valence-electron chi connectivity index (χ3n) is 4.21. The van der Waals surface area contributed by atoms with Crippen LogP contribution >= 0.6 is 0 Å². The third-order valence-corrected chi connectivity index (χ3v) is 4.21. The summed E-state index contributed by atoms with van der Waals surface area (Å²) in [6.07, 6.45) is 5.77. The lowest BCUT2D eigenvalue weighted by atomic mass is 9.69. The molecule has 1 aromatic rings. The molecule has 0 bridgehead atoms. The lowest BCUT2D eigenvalue weighted by Crippen LogP contribution is -2.37. The van der Waals surface area contributed by atoms with E-state index >= 15 is 0 Å². The molecule has 0 spiro atoms. The Kier molecular flexibility index (Phi) is 3.71. The molecule has 0 saturated heterocycles. The summed E-state index contributed by atoms with van der Waals surface area (Å²) in [6, 6.07) is 6.76. The molecular weight excluding hydrogens is 232 g/mol. The van der Waals surface area contributed by atoms with Crippen molar-refractivity contribution in [2.24, 2.45) is 5.73 Å². The predicted molar refractivity (Wildman–Crippen MR) is 69.8 cm³/mol. The first-order valence-corrected chi connectivity index (χ1v) is 6.67. The number of halogens is 2. The molecule has 18 heavy (non-hydrogen) atoms. The molecule has 1 aliphatic rings. The van der Waals surface area contributed by atoms with E-state index in [1.807, 2.05) is 12.1 Å². The minimum atomic E-state index is -2.76. The van der Waals surface area contributed by atoms with Crippen molar-refractivity contribution >= 4 is 0 Å². The van der Waals surface area contributed by atoms with Gasteiger partial charge in [-0.15, -0.1) is 0 Å². The maximum absolute atomic E-state index is 13.2. The smallest absolute Gasteiger partial charge is 0.270 e. The maximum Gasteiger partial charge on any atom is 0.270 e. The highest BCUT2D eigenvalue weighted by Crippen LogP contribution is 2.39. The molecule has 2 N–H and O–H groups in total. The van der Waals surface area contributed by atoms with Crippen molar-refractivity contribution in [2.75, 3.05) is 6.54 Å². The highest BCUT2D eigenvalue weighted by atomic mass is 19.3. The molecule has 0 atom stereocenters. The summed E-state index contributed by atoms with van der Waals surface area (Å²) < 4.78 is 26.4. The Bertz CT molecular complexity index is 386. The van der Waals surface area contributed by atoms with Gasteiger partial charge in [-0.1, -0.05) is 43.5 Å². The molecule has 3 heteroatoms. The van der Waals surface area contributed by atoms with Gasteiger partial charge in [0.25, 0.3) is 5.92 Å². The Labute approximate surface area is 107 Å². The van der Waals surface area contributed by atoms with Gasteiger partial charge in [0, 0.05) is 24.4 Å². The van der Waals surface area contributed by atoms with E-state index in [1.54, 1.807) is 12.1 Å². The third kappa shape index (κ3) is 2.56. The predicted octanol–water partition coefficient (Wildman–Crippen LogP) is 3.96. The standard InChI is InChI=1S/C15H21F2N/c1-14(16,17)12-5-7-13(8-6-12)15(11-18)9-3-2-4-10-15/h5-8H,2-4,9-11,18H2,1H3. The summed E-state index contributed by atoms with van der Waals surface area (Å²) >= 11 is 0. The van der Waals surface area contributed by atoms with E-state index in [2.05, 4.69) is 0 Å². The second-order valence-electron chi connectivity index (χ2n) is 5.51. The molecular formula is C15H21F2N. The largest absolute Gasteiger partial charge is 0.330 e. The number of benzene rings is 1. The van der Waals surface area contributed by atoms with E-state index in [0.29, 0.717) is 6.54 Å². The van der Waals surface area contributed by atoms with Crippen LogP contribution in [-0.4, -0.2) is 6.54 Å². The number of hydrogen-bond acceptors (Lipinski definition) is 1. The van der Waals surface area contributed by atoms with Gasteiger partial charge in [0.15, 0.2) is 0 Å². The van der Waals surface area contributed by atoms with Gasteiger partial charge in [0.05, 0.1) is 0 Å². The summed E-state index contributed by atoms with van der Waals surface area (Å²) in [5, 5.41) is 0. The molecule has 0 aromatic heterocycles. The van der Waals surface area contributed by atoms with Crippen LogP contribution in [0.25, 0.3) is 0 Å². The lowest BCUT2D eigenvalue weighted by molar-refractivity contribution is 0.0174. The second-order valence-corrected chi connectivity index (χ2v) is 5.51. The molecule has 1 saturated carbocycles. The monoisotopic (exact) mass is 253 g/mol. The SMILES string of the molecule is CC(F)(F)c1ccc(C2(CN)CCCCC2)cc1. The van der Waals surface area contributed by atoms with Crippen molar-refractivity contribution in [3.05, 3.63) is 35.4 Å². The topological polar surface area (TPSA) is 26.0 Å². The fraction of sp³-hybridized carbons (Fsp3) is 0.600. The molecule has 0 aliphatic heterocycles. The molecule has 1 fully saturated rings. The zero-order valence-corrected chi connectivity index (χ0v) is 10.9. The quantitative estimate of drug-likeness (QED) is 0.867. The van der Waals surface area contributed by atoms with Crippen LogP contribution in [0.15, 0.2) is 24.3 Å². The minimum absolute atomic E-state index is 0.0137. The summed E-state index contributed by atoms with van der Waals surface area (Å²) in [4.78, 5) is 0. The first-order chi connectivity index (χ1) is 8.48. The maximum atomic E-state index is 13.2. The van der Waals surface area contributed by atoms with Crippen LogP contribution in [-0.2, 0) is 11.3 Å². The summed E-state index contributed by atoms with van der Waals surface area (Å²) in [5.74, 6) is -2.76. The minimum Gasteiger partial charge on any atom is -0.330 e. The number of nitrogens with two attached hydrogens (primary N) is 1. The van der Waals surface area contributed by atoms with Gasteiger partial charge >= 0.3 is 0 Å². The highest BCUT2D eigenvalue weighted by molar-refractivity contribution is 5.31. The zero-order chi connectivity index (χ0) is 13.2. The van der Waals surface area contributed by atoms with Gasteiger partial charge in [-0.2, -0.15) is 0 Å². The molecule has 2 rings (SSSR count). The van der Waals surface area contributed by atoms with Gasteiger partial charge in [-0.3, -0.25) is 0 Å². The van der Waals surface area contributed by atoms with E-state index < -0.39 is 5.92 Å². The van der Waals surface area contributed by atoms with Gasteiger partial charge in [0.2, 0.25) is 0 Å². The Morgan fingerprint density at radius 3 is 2.11 bits per heavy atom. The fourth-order valence-corrected chi connectivity index (χ4v) is 2.96. The Morgan fingerprint density at radius 1 is 1.11 bits per heavy atom. The summed E-state index contributed by atoms with van der Waals surface area (Å²) in [7, 11) is 0. The van der Waals surface area contributed by atoms with Crippen molar-refractivity contribution in [1.82, 2.24) is 0 Å². The molecule has 0 amide bonds.